The molecule has 92 valence electrons. The van der Waals surface area contributed by atoms with E-state index >= 15 is 0 Å². The van der Waals surface area contributed by atoms with Crippen molar-refractivity contribution in [2.75, 3.05) is 0 Å². The number of aryl methyl sites for hydroxylation is 1. The molecule has 1 saturated heterocycles. The van der Waals surface area contributed by atoms with Gasteiger partial charge >= 0.3 is 0 Å². The standard InChI is InChI=1S/C14H19NO2/c1-11-10-14(17-15(11)12(2)16)9-8-13-6-4-3-5-7-13/h3-7,11,14H,8-10H2,1-2H3/t11-,14+/m0/s1. The van der Waals surface area contributed by atoms with Crippen LogP contribution in [0.2, 0.25) is 0 Å². The topological polar surface area (TPSA) is 29.5 Å². The van der Waals surface area contributed by atoms with Crippen molar-refractivity contribution in [2.45, 2.75) is 45.3 Å². The average Bonchev–Trinajstić information content (AvgIpc) is 2.69. The zero-order valence-corrected chi connectivity index (χ0v) is 10.4. The third-order valence-corrected chi connectivity index (χ3v) is 3.18. The van der Waals surface area contributed by atoms with E-state index in [2.05, 4.69) is 24.3 Å². The van der Waals surface area contributed by atoms with Crippen LogP contribution in [-0.2, 0) is 16.1 Å². The van der Waals surface area contributed by atoms with Gasteiger partial charge in [-0.05, 0) is 31.7 Å². The first-order valence-corrected chi connectivity index (χ1v) is 6.17. The van der Waals surface area contributed by atoms with Gasteiger partial charge in [-0.25, -0.2) is 5.06 Å². The Labute approximate surface area is 102 Å². The van der Waals surface area contributed by atoms with Gasteiger partial charge in [0.15, 0.2) is 0 Å². The minimum atomic E-state index is -0.000267. The Morgan fingerprint density at radius 3 is 2.71 bits per heavy atom. The number of carbonyl (C=O) groups is 1. The lowest BCUT2D eigenvalue weighted by Crippen LogP contribution is -2.30. The number of nitrogens with zero attached hydrogens (tertiary/aromatic N) is 1. The molecule has 3 nitrogen and oxygen atoms in total. The van der Waals surface area contributed by atoms with Crippen LogP contribution in [0, 0.1) is 0 Å². The van der Waals surface area contributed by atoms with E-state index in [0.29, 0.717) is 0 Å². The van der Waals surface area contributed by atoms with Crippen LogP contribution in [0.4, 0.5) is 0 Å². The summed E-state index contributed by atoms with van der Waals surface area (Å²) in [6.07, 6.45) is 3.09. The summed E-state index contributed by atoms with van der Waals surface area (Å²) < 4.78 is 0. The van der Waals surface area contributed by atoms with Crippen molar-refractivity contribution in [3.05, 3.63) is 35.9 Å². The van der Waals surface area contributed by atoms with Gasteiger partial charge in [-0.15, -0.1) is 0 Å². The normalized spacial score (nSPS) is 24.0. The molecule has 1 aliphatic heterocycles. The van der Waals surface area contributed by atoms with E-state index in [1.807, 2.05) is 13.0 Å². The molecule has 0 aliphatic carbocycles. The van der Waals surface area contributed by atoms with Gasteiger partial charge in [-0.1, -0.05) is 30.3 Å². The van der Waals surface area contributed by atoms with Gasteiger partial charge < -0.3 is 0 Å². The third-order valence-electron chi connectivity index (χ3n) is 3.18. The molecule has 0 bridgehead atoms. The Hall–Kier alpha value is -1.35. The molecule has 0 unspecified atom stereocenters. The number of hydrogen-bond acceptors (Lipinski definition) is 2. The minimum absolute atomic E-state index is 0.000267. The molecule has 1 amide bonds. The van der Waals surface area contributed by atoms with Crippen LogP contribution in [0.5, 0.6) is 0 Å². The van der Waals surface area contributed by atoms with Gasteiger partial charge in [0, 0.05) is 6.92 Å². The van der Waals surface area contributed by atoms with Gasteiger partial charge in [0.25, 0.3) is 0 Å². The summed E-state index contributed by atoms with van der Waals surface area (Å²) in [4.78, 5) is 16.9. The zero-order chi connectivity index (χ0) is 12.3. The van der Waals surface area contributed by atoms with Crippen molar-refractivity contribution in [3.8, 4) is 0 Å². The van der Waals surface area contributed by atoms with E-state index in [4.69, 9.17) is 4.84 Å². The lowest BCUT2D eigenvalue weighted by atomic mass is 10.0. The van der Waals surface area contributed by atoms with Crippen LogP contribution in [-0.4, -0.2) is 23.1 Å². The smallest absolute Gasteiger partial charge is 0.243 e. The van der Waals surface area contributed by atoms with Crippen molar-refractivity contribution >= 4 is 5.91 Å². The molecule has 1 aromatic rings. The van der Waals surface area contributed by atoms with Crippen LogP contribution in [0.3, 0.4) is 0 Å². The highest BCUT2D eigenvalue weighted by Crippen LogP contribution is 2.24. The summed E-state index contributed by atoms with van der Waals surface area (Å²) in [6, 6.07) is 10.6. The lowest BCUT2D eigenvalue weighted by Gasteiger charge is -2.17. The fourth-order valence-corrected chi connectivity index (χ4v) is 2.31. The molecule has 0 saturated carbocycles. The molecule has 0 radical (unpaired) electrons. The van der Waals surface area contributed by atoms with Crippen molar-refractivity contribution in [3.63, 3.8) is 0 Å². The van der Waals surface area contributed by atoms with E-state index in [1.54, 1.807) is 6.92 Å². The van der Waals surface area contributed by atoms with E-state index in [0.717, 1.165) is 19.3 Å². The highest BCUT2D eigenvalue weighted by molar-refractivity contribution is 5.72. The van der Waals surface area contributed by atoms with Gasteiger partial charge in [0.2, 0.25) is 5.91 Å². The second-order valence-corrected chi connectivity index (χ2v) is 4.68. The van der Waals surface area contributed by atoms with Crippen molar-refractivity contribution in [1.82, 2.24) is 5.06 Å². The number of rotatable bonds is 3. The highest BCUT2D eigenvalue weighted by atomic mass is 16.7. The van der Waals surface area contributed by atoms with Crippen LogP contribution in [0.1, 0.15) is 32.3 Å². The minimum Gasteiger partial charge on any atom is -0.273 e. The fourth-order valence-electron chi connectivity index (χ4n) is 2.31. The molecule has 1 fully saturated rings. The number of hydroxylamine groups is 2. The van der Waals surface area contributed by atoms with Gasteiger partial charge in [-0.3, -0.25) is 9.63 Å². The Morgan fingerprint density at radius 1 is 1.41 bits per heavy atom. The van der Waals surface area contributed by atoms with Crippen LogP contribution >= 0.6 is 0 Å². The highest BCUT2D eigenvalue weighted by Gasteiger charge is 2.31. The quantitative estimate of drug-likeness (QED) is 0.803. The second kappa shape index (κ2) is 5.32. The van der Waals surface area contributed by atoms with Crippen molar-refractivity contribution in [1.29, 1.82) is 0 Å². The average molecular weight is 233 g/mol. The molecule has 3 heteroatoms. The Bertz CT molecular complexity index is 377. The Morgan fingerprint density at radius 2 is 2.12 bits per heavy atom. The summed E-state index contributed by atoms with van der Waals surface area (Å²) in [6.45, 7) is 3.58. The molecule has 1 heterocycles. The maximum Gasteiger partial charge on any atom is 0.243 e. The summed E-state index contributed by atoms with van der Waals surface area (Å²) in [5.74, 6) is -0.000267. The van der Waals surface area contributed by atoms with Crippen LogP contribution in [0.15, 0.2) is 30.3 Å². The summed E-state index contributed by atoms with van der Waals surface area (Å²) in [5, 5.41) is 1.51. The third kappa shape index (κ3) is 3.07. The molecule has 2 atom stereocenters. The van der Waals surface area contributed by atoms with Crippen LogP contribution < -0.4 is 0 Å². The summed E-state index contributed by atoms with van der Waals surface area (Å²) in [7, 11) is 0. The SMILES string of the molecule is CC(=O)N1O[C@H](CCc2ccccc2)C[C@@H]1C. The molecule has 0 N–H and O–H groups in total. The molecule has 1 aliphatic rings. The lowest BCUT2D eigenvalue weighted by molar-refractivity contribution is -0.184. The van der Waals surface area contributed by atoms with Crippen LogP contribution in [0.25, 0.3) is 0 Å². The maximum absolute atomic E-state index is 11.3. The first kappa shape index (κ1) is 12.1. The molecule has 17 heavy (non-hydrogen) atoms. The molecule has 0 spiro atoms. The zero-order valence-electron chi connectivity index (χ0n) is 10.4. The molecule has 2 rings (SSSR count). The molecular weight excluding hydrogens is 214 g/mol. The Balaban J connectivity index is 1.84. The second-order valence-electron chi connectivity index (χ2n) is 4.68. The first-order chi connectivity index (χ1) is 8.16. The van der Waals surface area contributed by atoms with E-state index in [1.165, 1.54) is 10.6 Å². The van der Waals surface area contributed by atoms with Crippen molar-refractivity contribution < 1.29 is 9.63 Å². The van der Waals surface area contributed by atoms with E-state index in [9.17, 15) is 4.79 Å². The number of carbonyl (C=O) groups excluding carboxylic acids is 1. The van der Waals surface area contributed by atoms with Gasteiger partial charge in [0.05, 0.1) is 12.1 Å². The van der Waals surface area contributed by atoms with Gasteiger partial charge in [-0.2, -0.15) is 0 Å². The van der Waals surface area contributed by atoms with Gasteiger partial charge in [0.1, 0.15) is 0 Å². The number of benzene rings is 1. The predicted octanol–water partition coefficient (Wildman–Crippen LogP) is 2.56. The largest absolute Gasteiger partial charge is 0.273 e. The van der Waals surface area contributed by atoms with Crippen molar-refractivity contribution in [2.24, 2.45) is 0 Å². The molecular formula is C14H19NO2. The maximum atomic E-state index is 11.3. The number of amides is 1. The van der Waals surface area contributed by atoms with E-state index < -0.39 is 0 Å². The van der Waals surface area contributed by atoms with E-state index in [-0.39, 0.29) is 18.1 Å². The first-order valence-electron chi connectivity index (χ1n) is 6.17. The fraction of sp³-hybridized carbons (Fsp3) is 0.500. The monoisotopic (exact) mass is 233 g/mol. The molecule has 0 aromatic heterocycles. The molecule has 1 aromatic carbocycles. The summed E-state index contributed by atoms with van der Waals surface area (Å²) in [5.41, 5.74) is 1.32. The summed E-state index contributed by atoms with van der Waals surface area (Å²) >= 11 is 0. The number of hydrogen-bond donors (Lipinski definition) is 0. The predicted molar refractivity (Wildman–Crippen MR) is 66.2 cm³/mol. The Kier molecular flexibility index (Phi) is 3.79.